The van der Waals surface area contributed by atoms with Gasteiger partial charge in [-0.2, -0.15) is 0 Å². The summed E-state index contributed by atoms with van der Waals surface area (Å²) >= 11 is 0. The van der Waals surface area contributed by atoms with Crippen molar-refractivity contribution in [3.8, 4) is 17.2 Å². The molecule has 1 aliphatic rings. The molecule has 14 heavy (non-hydrogen) atoms. The normalized spacial score (nSPS) is 13.4. The fourth-order valence-corrected chi connectivity index (χ4v) is 1.29. The first-order valence-electron chi connectivity index (χ1n) is 3.98. The highest BCUT2D eigenvalue weighted by atomic mass is 19.3. The second kappa shape index (κ2) is 3.32. The standard InChI is InChI=1S/C9H8F2O3/c1-12-6-3-8-7(13-4-14-8)2-5(6)9(10)11/h2-3,9H,4H2,1H3. The van der Waals surface area contributed by atoms with Crippen LogP contribution in [0.1, 0.15) is 12.0 Å². The molecule has 2 rings (SSSR count). The van der Waals surface area contributed by atoms with Gasteiger partial charge in [-0.05, 0) is 6.07 Å². The highest BCUT2D eigenvalue weighted by molar-refractivity contribution is 5.52. The molecule has 0 bridgehead atoms. The first-order chi connectivity index (χ1) is 6.72. The number of methoxy groups -OCH3 is 1. The lowest BCUT2D eigenvalue weighted by atomic mass is 10.2. The summed E-state index contributed by atoms with van der Waals surface area (Å²) in [6, 6.07) is 2.65. The van der Waals surface area contributed by atoms with Gasteiger partial charge in [-0.15, -0.1) is 0 Å². The van der Waals surface area contributed by atoms with E-state index in [0.717, 1.165) is 0 Å². The van der Waals surface area contributed by atoms with E-state index in [2.05, 4.69) is 0 Å². The number of hydrogen-bond donors (Lipinski definition) is 0. The van der Waals surface area contributed by atoms with E-state index >= 15 is 0 Å². The van der Waals surface area contributed by atoms with E-state index in [1.54, 1.807) is 0 Å². The highest BCUT2D eigenvalue weighted by Crippen LogP contribution is 2.41. The fraction of sp³-hybridized carbons (Fsp3) is 0.333. The fourth-order valence-electron chi connectivity index (χ4n) is 1.29. The Hall–Kier alpha value is -1.52. The smallest absolute Gasteiger partial charge is 0.267 e. The van der Waals surface area contributed by atoms with E-state index in [0.29, 0.717) is 11.5 Å². The number of fused-ring (bicyclic) bond motifs is 1. The van der Waals surface area contributed by atoms with Crippen LogP contribution in [0.25, 0.3) is 0 Å². The van der Waals surface area contributed by atoms with E-state index in [4.69, 9.17) is 14.2 Å². The molecule has 0 unspecified atom stereocenters. The van der Waals surface area contributed by atoms with Crippen LogP contribution >= 0.6 is 0 Å². The van der Waals surface area contributed by atoms with Crippen LogP contribution in [-0.2, 0) is 0 Å². The van der Waals surface area contributed by atoms with E-state index in [-0.39, 0.29) is 18.1 Å². The minimum atomic E-state index is -2.58. The van der Waals surface area contributed by atoms with Crippen LogP contribution in [0.3, 0.4) is 0 Å². The largest absolute Gasteiger partial charge is 0.496 e. The molecule has 0 atom stereocenters. The zero-order chi connectivity index (χ0) is 10.1. The number of benzene rings is 1. The average molecular weight is 202 g/mol. The zero-order valence-electron chi connectivity index (χ0n) is 7.42. The Morgan fingerprint density at radius 3 is 2.50 bits per heavy atom. The van der Waals surface area contributed by atoms with Gasteiger partial charge in [0.1, 0.15) is 5.75 Å². The van der Waals surface area contributed by atoms with Gasteiger partial charge < -0.3 is 14.2 Å². The van der Waals surface area contributed by atoms with E-state index in [1.165, 1.54) is 19.2 Å². The molecule has 0 fully saturated rings. The predicted octanol–water partition coefficient (Wildman–Crippen LogP) is 2.36. The van der Waals surface area contributed by atoms with Crippen LogP contribution in [0, 0.1) is 0 Å². The van der Waals surface area contributed by atoms with Crippen LogP contribution < -0.4 is 14.2 Å². The topological polar surface area (TPSA) is 27.7 Å². The maximum Gasteiger partial charge on any atom is 0.267 e. The van der Waals surface area contributed by atoms with Crippen molar-refractivity contribution in [2.45, 2.75) is 6.43 Å². The maximum atomic E-state index is 12.5. The molecule has 1 aromatic rings. The molecule has 1 aliphatic heterocycles. The Bertz CT molecular complexity index is 352. The lowest BCUT2D eigenvalue weighted by Gasteiger charge is -2.08. The van der Waals surface area contributed by atoms with Gasteiger partial charge in [0.05, 0.1) is 12.7 Å². The zero-order valence-corrected chi connectivity index (χ0v) is 7.42. The molecule has 0 N–H and O–H groups in total. The number of alkyl halides is 2. The Kier molecular flexibility index (Phi) is 2.15. The lowest BCUT2D eigenvalue weighted by Crippen LogP contribution is -1.93. The molecule has 0 radical (unpaired) electrons. The van der Waals surface area contributed by atoms with Crippen LogP contribution in [0.5, 0.6) is 17.2 Å². The summed E-state index contributed by atoms with van der Waals surface area (Å²) in [5.74, 6) is 0.886. The second-order valence-corrected chi connectivity index (χ2v) is 2.75. The summed E-state index contributed by atoms with van der Waals surface area (Å²) < 4.78 is 39.8. The van der Waals surface area contributed by atoms with Crippen molar-refractivity contribution in [1.29, 1.82) is 0 Å². The molecule has 0 aromatic heterocycles. The van der Waals surface area contributed by atoms with Crippen LogP contribution in [0.15, 0.2) is 12.1 Å². The Balaban J connectivity index is 2.49. The first-order valence-corrected chi connectivity index (χ1v) is 3.98. The number of ether oxygens (including phenoxy) is 3. The lowest BCUT2D eigenvalue weighted by molar-refractivity contribution is 0.146. The van der Waals surface area contributed by atoms with Gasteiger partial charge in [-0.1, -0.05) is 0 Å². The van der Waals surface area contributed by atoms with Crippen molar-refractivity contribution in [3.05, 3.63) is 17.7 Å². The van der Waals surface area contributed by atoms with Crippen molar-refractivity contribution in [2.75, 3.05) is 13.9 Å². The van der Waals surface area contributed by atoms with Crippen LogP contribution in [0.4, 0.5) is 8.78 Å². The molecule has 0 saturated heterocycles. The Morgan fingerprint density at radius 1 is 1.29 bits per heavy atom. The van der Waals surface area contributed by atoms with E-state index < -0.39 is 6.43 Å². The van der Waals surface area contributed by atoms with Crippen molar-refractivity contribution in [3.63, 3.8) is 0 Å². The summed E-state index contributed by atoms with van der Waals surface area (Å²) in [5.41, 5.74) is -0.184. The van der Waals surface area contributed by atoms with E-state index in [1.807, 2.05) is 0 Å². The second-order valence-electron chi connectivity index (χ2n) is 2.75. The molecular weight excluding hydrogens is 194 g/mol. The maximum absolute atomic E-state index is 12.5. The molecule has 0 spiro atoms. The van der Waals surface area contributed by atoms with Crippen molar-refractivity contribution < 1.29 is 23.0 Å². The molecule has 0 saturated carbocycles. The highest BCUT2D eigenvalue weighted by Gasteiger charge is 2.22. The van der Waals surface area contributed by atoms with Gasteiger partial charge in [-0.3, -0.25) is 0 Å². The van der Waals surface area contributed by atoms with Crippen LogP contribution in [-0.4, -0.2) is 13.9 Å². The summed E-state index contributed by atoms with van der Waals surface area (Å²) in [4.78, 5) is 0. The van der Waals surface area contributed by atoms with Crippen molar-refractivity contribution in [2.24, 2.45) is 0 Å². The Morgan fingerprint density at radius 2 is 1.93 bits per heavy atom. The van der Waals surface area contributed by atoms with Crippen LogP contribution in [0.2, 0.25) is 0 Å². The van der Waals surface area contributed by atoms with Gasteiger partial charge in [-0.25, -0.2) is 8.78 Å². The molecule has 0 aliphatic carbocycles. The summed E-state index contributed by atoms with van der Waals surface area (Å²) in [6.45, 7) is 0.0607. The third-order valence-electron chi connectivity index (χ3n) is 1.96. The SMILES string of the molecule is COc1cc2c(cc1C(F)F)OCO2. The minimum absolute atomic E-state index is 0.0607. The molecule has 1 heterocycles. The van der Waals surface area contributed by atoms with Gasteiger partial charge in [0, 0.05) is 6.07 Å². The third kappa shape index (κ3) is 1.34. The number of rotatable bonds is 2. The predicted molar refractivity (Wildman–Crippen MR) is 44.1 cm³/mol. The monoisotopic (exact) mass is 202 g/mol. The summed E-state index contributed by atoms with van der Waals surface area (Å²) in [6.07, 6.45) is -2.58. The van der Waals surface area contributed by atoms with Gasteiger partial charge in [0.2, 0.25) is 6.79 Å². The third-order valence-corrected chi connectivity index (χ3v) is 1.96. The van der Waals surface area contributed by atoms with Crippen molar-refractivity contribution in [1.82, 2.24) is 0 Å². The molecule has 3 nitrogen and oxygen atoms in total. The number of halogens is 2. The average Bonchev–Trinajstić information content (AvgIpc) is 2.62. The molecule has 76 valence electrons. The quantitative estimate of drug-likeness (QED) is 0.736. The molecule has 0 amide bonds. The summed E-state index contributed by atoms with van der Waals surface area (Å²) in [5, 5.41) is 0. The van der Waals surface area contributed by atoms with Crippen molar-refractivity contribution >= 4 is 0 Å². The minimum Gasteiger partial charge on any atom is -0.496 e. The molecule has 1 aromatic carbocycles. The van der Waals surface area contributed by atoms with Gasteiger partial charge in [0.25, 0.3) is 6.43 Å². The first kappa shape index (κ1) is 9.05. The summed E-state index contributed by atoms with van der Waals surface area (Å²) in [7, 11) is 1.34. The van der Waals surface area contributed by atoms with Gasteiger partial charge in [0.15, 0.2) is 11.5 Å². The number of hydrogen-bond acceptors (Lipinski definition) is 3. The van der Waals surface area contributed by atoms with E-state index in [9.17, 15) is 8.78 Å². The Labute approximate surface area is 79.2 Å². The molecule has 5 heteroatoms. The molecular formula is C9H8F2O3. The van der Waals surface area contributed by atoms with Gasteiger partial charge >= 0.3 is 0 Å².